The van der Waals surface area contributed by atoms with Gasteiger partial charge >= 0.3 is 0 Å². The van der Waals surface area contributed by atoms with Crippen molar-refractivity contribution in [1.29, 1.82) is 0 Å². The Hall–Kier alpha value is -0.650. The lowest BCUT2D eigenvalue weighted by Gasteiger charge is -2.17. The van der Waals surface area contributed by atoms with Crippen molar-refractivity contribution >= 4 is 5.91 Å². The van der Waals surface area contributed by atoms with Crippen LogP contribution < -0.4 is 5.32 Å². The molecule has 0 radical (unpaired) electrons. The number of ether oxygens (including phenoxy) is 3. The minimum Gasteiger partial charge on any atom is -0.379 e. The van der Waals surface area contributed by atoms with Crippen LogP contribution in [0.1, 0.15) is 47.0 Å². The second kappa shape index (κ2) is 13.0. The molecule has 0 aliphatic carbocycles. The molecule has 0 spiro atoms. The summed E-state index contributed by atoms with van der Waals surface area (Å²) in [6.07, 6.45) is 2.78. The van der Waals surface area contributed by atoms with Gasteiger partial charge in [-0.2, -0.15) is 0 Å². The molecule has 0 aliphatic rings. The highest BCUT2D eigenvalue weighted by Crippen LogP contribution is 2.20. The summed E-state index contributed by atoms with van der Waals surface area (Å²) in [6, 6.07) is 0. The van der Waals surface area contributed by atoms with Gasteiger partial charge in [-0.05, 0) is 18.3 Å². The number of amides is 1. The van der Waals surface area contributed by atoms with Crippen molar-refractivity contribution in [2.45, 2.75) is 47.0 Å². The molecule has 1 N–H and O–H groups in total. The molecule has 0 aromatic carbocycles. The van der Waals surface area contributed by atoms with E-state index in [0.29, 0.717) is 51.4 Å². The molecule has 5 heteroatoms. The lowest BCUT2D eigenvalue weighted by atomic mass is 9.91. The van der Waals surface area contributed by atoms with Crippen LogP contribution in [0.5, 0.6) is 0 Å². The molecule has 0 saturated heterocycles. The average molecular weight is 303 g/mol. The van der Waals surface area contributed by atoms with Gasteiger partial charge in [0.2, 0.25) is 5.91 Å². The topological polar surface area (TPSA) is 56.8 Å². The first kappa shape index (κ1) is 20.3. The summed E-state index contributed by atoms with van der Waals surface area (Å²) in [5.74, 6) is 0.0541. The van der Waals surface area contributed by atoms with Crippen LogP contribution >= 0.6 is 0 Å². The Labute approximate surface area is 129 Å². The zero-order valence-electron chi connectivity index (χ0n) is 14.2. The summed E-state index contributed by atoms with van der Waals surface area (Å²) in [7, 11) is 0. The van der Waals surface area contributed by atoms with E-state index in [0.717, 1.165) is 13.0 Å². The number of rotatable bonds is 13. The number of nitrogens with one attached hydrogen (secondary N) is 1. The van der Waals surface area contributed by atoms with Crippen LogP contribution in [0.2, 0.25) is 0 Å². The van der Waals surface area contributed by atoms with Gasteiger partial charge in [-0.1, -0.05) is 27.7 Å². The minimum atomic E-state index is 0.0541. The predicted molar refractivity (Wildman–Crippen MR) is 84.4 cm³/mol. The van der Waals surface area contributed by atoms with E-state index in [4.69, 9.17) is 14.2 Å². The molecule has 126 valence electrons. The van der Waals surface area contributed by atoms with E-state index in [1.807, 2.05) is 6.92 Å². The van der Waals surface area contributed by atoms with Gasteiger partial charge in [0.15, 0.2) is 0 Å². The van der Waals surface area contributed by atoms with E-state index in [-0.39, 0.29) is 5.91 Å². The fourth-order valence-corrected chi connectivity index (χ4v) is 1.63. The number of hydrogen-bond donors (Lipinski definition) is 1. The van der Waals surface area contributed by atoms with Crippen LogP contribution in [0.3, 0.4) is 0 Å². The van der Waals surface area contributed by atoms with Crippen molar-refractivity contribution in [2.24, 2.45) is 5.41 Å². The number of carbonyl (C=O) groups excluding carboxylic acids is 1. The molecule has 0 unspecified atom stereocenters. The predicted octanol–water partition coefficient (Wildman–Crippen LogP) is 2.39. The molecule has 0 bridgehead atoms. The van der Waals surface area contributed by atoms with Gasteiger partial charge in [0.25, 0.3) is 0 Å². The Morgan fingerprint density at radius 2 is 1.43 bits per heavy atom. The monoisotopic (exact) mass is 303 g/mol. The molecule has 0 aliphatic heterocycles. The zero-order chi connectivity index (χ0) is 16.0. The quantitative estimate of drug-likeness (QED) is 0.531. The van der Waals surface area contributed by atoms with Crippen molar-refractivity contribution < 1.29 is 19.0 Å². The lowest BCUT2D eigenvalue weighted by Crippen LogP contribution is -2.26. The maximum absolute atomic E-state index is 10.9. The first-order valence-corrected chi connectivity index (χ1v) is 7.95. The molecule has 0 atom stereocenters. The summed E-state index contributed by atoms with van der Waals surface area (Å²) in [5.41, 5.74) is 0.383. The Morgan fingerprint density at radius 3 is 1.95 bits per heavy atom. The average Bonchev–Trinajstić information content (AvgIpc) is 2.42. The molecule has 0 fully saturated rings. The fraction of sp³-hybridized carbons (Fsp3) is 0.938. The van der Waals surface area contributed by atoms with Crippen LogP contribution in [0.25, 0.3) is 0 Å². The van der Waals surface area contributed by atoms with E-state index in [1.165, 1.54) is 6.42 Å². The number of hydrogen-bond acceptors (Lipinski definition) is 4. The smallest absolute Gasteiger partial charge is 0.219 e. The van der Waals surface area contributed by atoms with Gasteiger partial charge in [0.05, 0.1) is 33.0 Å². The van der Waals surface area contributed by atoms with Gasteiger partial charge in [0, 0.05) is 19.6 Å². The maximum atomic E-state index is 10.9. The molecule has 0 aromatic heterocycles. The third-order valence-electron chi connectivity index (χ3n) is 2.85. The Kier molecular flexibility index (Phi) is 12.6. The van der Waals surface area contributed by atoms with Crippen LogP contribution in [0, 0.1) is 5.41 Å². The lowest BCUT2D eigenvalue weighted by molar-refractivity contribution is -0.121. The second-order valence-corrected chi connectivity index (χ2v) is 6.20. The molecular formula is C16H33NO4. The van der Waals surface area contributed by atoms with E-state index in [9.17, 15) is 4.79 Å². The summed E-state index contributed by atoms with van der Waals surface area (Å²) in [6.45, 7) is 12.8. The number of carbonyl (C=O) groups is 1. The molecular weight excluding hydrogens is 270 g/mol. The van der Waals surface area contributed by atoms with E-state index >= 15 is 0 Å². The highest BCUT2D eigenvalue weighted by molar-refractivity contribution is 5.75. The first-order chi connectivity index (χ1) is 9.95. The van der Waals surface area contributed by atoms with Crippen LogP contribution in [0.15, 0.2) is 0 Å². The van der Waals surface area contributed by atoms with Crippen molar-refractivity contribution in [3.8, 4) is 0 Å². The van der Waals surface area contributed by atoms with E-state index in [2.05, 4.69) is 26.1 Å². The summed E-state index contributed by atoms with van der Waals surface area (Å²) in [4.78, 5) is 10.9. The largest absolute Gasteiger partial charge is 0.379 e. The standard InChI is InChI=1S/C16H33NO4/c1-5-15(18)17-8-10-20-12-14-21-13-11-19-9-6-7-16(2,3)4/h5-14H2,1-4H3,(H,17,18). The highest BCUT2D eigenvalue weighted by Gasteiger charge is 2.08. The SMILES string of the molecule is CCC(=O)NCCOCCOCCOCCCC(C)(C)C. The molecule has 0 rings (SSSR count). The first-order valence-electron chi connectivity index (χ1n) is 7.95. The highest BCUT2D eigenvalue weighted by atomic mass is 16.5. The van der Waals surface area contributed by atoms with Gasteiger partial charge in [-0.3, -0.25) is 4.79 Å². The van der Waals surface area contributed by atoms with Gasteiger partial charge in [-0.15, -0.1) is 0 Å². The fourth-order valence-electron chi connectivity index (χ4n) is 1.63. The Morgan fingerprint density at radius 1 is 0.905 bits per heavy atom. The van der Waals surface area contributed by atoms with Gasteiger partial charge in [0.1, 0.15) is 0 Å². The second-order valence-electron chi connectivity index (χ2n) is 6.20. The zero-order valence-corrected chi connectivity index (χ0v) is 14.2. The molecule has 1 amide bonds. The van der Waals surface area contributed by atoms with Gasteiger partial charge < -0.3 is 19.5 Å². The van der Waals surface area contributed by atoms with Crippen molar-refractivity contribution in [2.75, 3.05) is 46.2 Å². The molecule has 5 nitrogen and oxygen atoms in total. The minimum absolute atomic E-state index is 0.0541. The van der Waals surface area contributed by atoms with Crippen LogP contribution in [-0.2, 0) is 19.0 Å². The molecule has 21 heavy (non-hydrogen) atoms. The van der Waals surface area contributed by atoms with E-state index < -0.39 is 0 Å². The Balaban J connectivity index is 3.08. The Bertz CT molecular complexity index is 251. The van der Waals surface area contributed by atoms with Crippen molar-refractivity contribution in [3.05, 3.63) is 0 Å². The van der Waals surface area contributed by atoms with Gasteiger partial charge in [-0.25, -0.2) is 0 Å². The van der Waals surface area contributed by atoms with Crippen LogP contribution in [-0.4, -0.2) is 52.1 Å². The van der Waals surface area contributed by atoms with Crippen LogP contribution in [0.4, 0.5) is 0 Å². The van der Waals surface area contributed by atoms with Crippen molar-refractivity contribution in [3.63, 3.8) is 0 Å². The summed E-state index contributed by atoms with van der Waals surface area (Å²) >= 11 is 0. The summed E-state index contributed by atoms with van der Waals surface area (Å²) in [5, 5.41) is 2.75. The third kappa shape index (κ3) is 17.3. The molecule has 0 saturated carbocycles. The molecule has 0 heterocycles. The van der Waals surface area contributed by atoms with Crippen molar-refractivity contribution in [1.82, 2.24) is 5.32 Å². The third-order valence-corrected chi connectivity index (χ3v) is 2.85. The summed E-state index contributed by atoms with van der Waals surface area (Å²) < 4.78 is 16.2. The normalized spacial score (nSPS) is 11.6. The molecule has 0 aromatic rings. The van der Waals surface area contributed by atoms with E-state index in [1.54, 1.807) is 0 Å². The maximum Gasteiger partial charge on any atom is 0.219 e.